The van der Waals surface area contributed by atoms with Gasteiger partial charge in [0.2, 0.25) is 0 Å². The highest BCUT2D eigenvalue weighted by molar-refractivity contribution is 5.71. The van der Waals surface area contributed by atoms with Crippen LogP contribution in [0.1, 0.15) is 278 Å². The molecule has 0 amide bonds. The van der Waals surface area contributed by atoms with Crippen LogP contribution in [-0.2, 0) is 28.6 Å². The van der Waals surface area contributed by atoms with Crippen LogP contribution in [-0.4, -0.2) is 37.2 Å². The van der Waals surface area contributed by atoms with Crippen LogP contribution in [0.2, 0.25) is 0 Å². The first-order valence-electron chi connectivity index (χ1n) is 33.6. The van der Waals surface area contributed by atoms with Gasteiger partial charge in [-0.05, 0) is 148 Å². The first-order valence-corrected chi connectivity index (χ1v) is 33.6. The largest absolute Gasteiger partial charge is 0.462 e. The number of hydrogen-bond donors (Lipinski definition) is 0. The van der Waals surface area contributed by atoms with Gasteiger partial charge in [0.15, 0.2) is 6.10 Å². The van der Waals surface area contributed by atoms with E-state index in [9.17, 15) is 14.4 Å². The molecule has 0 saturated heterocycles. The number of allylic oxidation sites excluding steroid dienone is 28. The number of carbonyl (C=O) groups excluding carboxylic acids is 3. The van der Waals surface area contributed by atoms with Crippen LogP contribution in [0.15, 0.2) is 170 Å². The van der Waals surface area contributed by atoms with Crippen LogP contribution in [0.4, 0.5) is 0 Å². The molecule has 6 heteroatoms. The summed E-state index contributed by atoms with van der Waals surface area (Å²) in [5.41, 5.74) is 0. The predicted octanol–water partition coefficient (Wildman–Crippen LogP) is 23.4. The van der Waals surface area contributed by atoms with Gasteiger partial charge in [0.1, 0.15) is 13.2 Å². The molecule has 1 unspecified atom stereocenters. The van der Waals surface area contributed by atoms with Crippen molar-refractivity contribution in [3.63, 3.8) is 0 Å². The summed E-state index contributed by atoms with van der Waals surface area (Å²) in [6.07, 6.45) is 102. The molecule has 0 aromatic carbocycles. The minimum Gasteiger partial charge on any atom is -0.462 e. The van der Waals surface area contributed by atoms with E-state index in [0.717, 1.165) is 186 Å². The SMILES string of the molecule is CC/C=C\C/C=C\C/C=C\C/C=C\C/C=C\CCCCCCCC(=O)OCC(COC(=O)CCCCCCCCCCCC/C=C\C/C=C\C/C=C\C/C=C\CC)OC(=O)CCCCCCC/C=C\C/C=C\C/C=C\C/C=C\C/C=C\CC. The summed E-state index contributed by atoms with van der Waals surface area (Å²) in [5.74, 6) is -0.945. The zero-order chi connectivity index (χ0) is 59.9. The summed E-state index contributed by atoms with van der Waals surface area (Å²) in [5, 5.41) is 0. The molecule has 6 nitrogen and oxygen atoms in total. The lowest BCUT2D eigenvalue weighted by atomic mass is 10.1. The van der Waals surface area contributed by atoms with Gasteiger partial charge in [-0.15, -0.1) is 0 Å². The van der Waals surface area contributed by atoms with Crippen LogP contribution in [0, 0.1) is 0 Å². The van der Waals surface area contributed by atoms with Crippen molar-refractivity contribution < 1.29 is 28.6 Å². The van der Waals surface area contributed by atoms with Gasteiger partial charge in [-0.1, -0.05) is 281 Å². The van der Waals surface area contributed by atoms with Crippen LogP contribution in [0.25, 0.3) is 0 Å². The molecule has 1 atom stereocenters. The number of ether oxygens (including phenoxy) is 3. The minimum absolute atomic E-state index is 0.102. The molecule has 0 rings (SSSR count). The topological polar surface area (TPSA) is 78.9 Å². The Bertz CT molecular complexity index is 1890. The lowest BCUT2D eigenvalue weighted by molar-refractivity contribution is -0.167. The molecule has 0 aliphatic heterocycles. The van der Waals surface area contributed by atoms with Crippen molar-refractivity contribution in [1.82, 2.24) is 0 Å². The van der Waals surface area contributed by atoms with Crippen molar-refractivity contribution in [1.29, 1.82) is 0 Å². The Kier molecular flexibility index (Phi) is 64.9. The van der Waals surface area contributed by atoms with Gasteiger partial charge in [0.05, 0.1) is 0 Å². The molecule has 0 radical (unpaired) electrons. The van der Waals surface area contributed by atoms with E-state index in [1.165, 1.54) is 51.4 Å². The monoisotopic (exact) mass is 1140 g/mol. The molecular weight excluding hydrogens is 1020 g/mol. The molecule has 466 valence electrons. The molecule has 0 heterocycles. The van der Waals surface area contributed by atoms with E-state index in [1.54, 1.807) is 0 Å². The van der Waals surface area contributed by atoms with Crippen molar-refractivity contribution in [2.24, 2.45) is 0 Å². The molecule has 0 spiro atoms. The first kappa shape index (κ1) is 77.8. The fourth-order valence-corrected chi connectivity index (χ4v) is 8.78. The lowest BCUT2D eigenvalue weighted by Crippen LogP contribution is -2.30. The Morgan fingerprint density at radius 3 is 0.675 bits per heavy atom. The minimum atomic E-state index is -0.811. The maximum absolute atomic E-state index is 13.0. The maximum Gasteiger partial charge on any atom is 0.306 e. The fourth-order valence-electron chi connectivity index (χ4n) is 8.78. The number of rotatable bonds is 59. The average Bonchev–Trinajstić information content (AvgIpc) is 3.49. The summed E-state index contributed by atoms with van der Waals surface area (Å²) >= 11 is 0. The van der Waals surface area contributed by atoms with Gasteiger partial charge in [0.25, 0.3) is 0 Å². The lowest BCUT2D eigenvalue weighted by Gasteiger charge is -2.18. The highest BCUT2D eigenvalue weighted by atomic mass is 16.6. The third-order valence-corrected chi connectivity index (χ3v) is 13.7. The summed E-state index contributed by atoms with van der Waals surface area (Å²) < 4.78 is 16.9. The van der Waals surface area contributed by atoms with E-state index in [1.807, 2.05) is 0 Å². The zero-order valence-corrected chi connectivity index (χ0v) is 53.4. The Balaban J connectivity index is 4.50. The highest BCUT2D eigenvalue weighted by Crippen LogP contribution is 2.15. The molecule has 0 saturated carbocycles. The van der Waals surface area contributed by atoms with E-state index in [4.69, 9.17) is 14.2 Å². The van der Waals surface area contributed by atoms with E-state index in [0.29, 0.717) is 19.3 Å². The molecule has 0 N–H and O–H groups in total. The summed E-state index contributed by atoms with van der Waals surface area (Å²) in [4.78, 5) is 38.5. The molecule has 0 aromatic heterocycles. The summed E-state index contributed by atoms with van der Waals surface area (Å²) in [7, 11) is 0. The summed E-state index contributed by atoms with van der Waals surface area (Å²) in [6.45, 7) is 6.27. The normalized spacial score (nSPS) is 13.2. The molecule has 0 aliphatic rings. The van der Waals surface area contributed by atoms with Gasteiger partial charge in [0, 0.05) is 19.3 Å². The van der Waals surface area contributed by atoms with E-state index in [-0.39, 0.29) is 31.1 Å². The second-order valence-electron chi connectivity index (χ2n) is 21.6. The summed E-state index contributed by atoms with van der Waals surface area (Å²) in [6, 6.07) is 0. The van der Waals surface area contributed by atoms with Crippen LogP contribution < -0.4 is 0 Å². The van der Waals surface area contributed by atoms with Crippen LogP contribution in [0.5, 0.6) is 0 Å². The standard InChI is InChI=1S/C77H122O6/c1-4-7-10-13-16-19-22-25-28-31-34-37-38-41-43-46-49-52-55-58-61-64-67-70-76(79)82-73-74(83-77(80)71-68-65-62-59-56-53-50-47-44-40-36-33-30-27-24-21-18-15-12-9-6-3)72-81-75(78)69-66-63-60-57-54-51-48-45-42-39-35-32-29-26-23-20-17-14-11-8-5-2/h7-12,16-21,25-30,34-37,39-40,45,47-48,50,74H,4-6,13-15,22-24,31-33,38,41-44,46,49,51-73H2,1-3H3/b10-7-,11-8-,12-9-,19-16-,20-17-,21-18-,28-25-,29-26-,30-27-,37-34-,39-35-,40-36-,48-45-,50-47-. The van der Waals surface area contributed by atoms with E-state index < -0.39 is 6.10 Å². The molecule has 83 heavy (non-hydrogen) atoms. The number of hydrogen-bond acceptors (Lipinski definition) is 6. The maximum atomic E-state index is 13.0. The smallest absolute Gasteiger partial charge is 0.306 e. The first-order chi connectivity index (χ1) is 41.0. The van der Waals surface area contributed by atoms with Crippen molar-refractivity contribution in [2.75, 3.05) is 13.2 Å². The van der Waals surface area contributed by atoms with Crippen molar-refractivity contribution in [2.45, 2.75) is 284 Å². The number of carbonyl (C=O) groups is 3. The van der Waals surface area contributed by atoms with E-state index in [2.05, 4.69) is 191 Å². The third-order valence-electron chi connectivity index (χ3n) is 13.7. The highest BCUT2D eigenvalue weighted by Gasteiger charge is 2.19. The van der Waals surface area contributed by atoms with Crippen molar-refractivity contribution in [3.05, 3.63) is 170 Å². The van der Waals surface area contributed by atoms with Gasteiger partial charge in [-0.3, -0.25) is 14.4 Å². The Labute approximate surface area is 511 Å². The fraction of sp³-hybridized carbons (Fsp3) is 0.597. The molecular formula is C77H122O6. The number of esters is 3. The second-order valence-corrected chi connectivity index (χ2v) is 21.6. The van der Waals surface area contributed by atoms with Crippen LogP contribution in [0.3, 0.4) is 0 Å². The molecule has 0 fully saturated rings. The van der Waals surface area contributed by atoms with Gasteiger partial charge in [-0.25, -0.2) is 0 Å². The van der Waals surface area contributed by atoms with Gasteiger partial charge >= 0.3 is 17.9 Å². The van der Waals surface area contributed by atoms with Crippen molar-refractivity contribution >= 4 is 17.9 Å². The average molecular weight is 1140 g/mol. The van der Waals surface area contributed by atoms with Crippen LogP contribution >= 0.6 is 0 Å². The molecule has 0 aromatic rings. The quantitative estimate of drug-likeness (QED) is 0.0261. The van der Waals surface area contributed by atoms with Crippen molar-refractivity contribution in [3.8, 4) is 0 Å². The second kappa shape index (κ2) is 69.3. The molecule has 0 aliphatic carbocycles. The Morgan fingerprint density at radius 1 is 0.241 bits per heavy atom. The van der Waals surface area contributed by atoms with Gasteiger partial charge in [-0.2, -0.15) is 0 Å². The van der Waals surface area contributed by atoms with E-state index >= 15 is 0 Å². The zero-order valence-electron chi connectivity index (χ0n) is 53.4. The molecule has 0 bridgehead atoms. The Hall–Kier alpha value is -5.23. The Morgan fingerprint density at radius 2 is 0.434 bits per heavy atom. The third kappa shape index (κ3) is 67.4. The predicted molar refractivity (Wildman–Crippen MR) is 361 cm³/mol. The number of unbranched alkanes of at least 4 members (excludes halogenated alkanes) is 20. The van der Waals surface area contributed by atoms with Gasteiger partial charge < -0.3 is 14.2 Å².